The lowest BCUT2D eigenvalue weighted by Crippen LogP contribution is -2.28. The predicted molar refractivity (Wildman–Crippen MR) is 103 cm³/mol. The summed E-state index contributed by atoms with van der Waals surface area (Å²) in [6, 6.07) is 12.0. The molecule has 7 heteroatoms. The molecule has 3 rings (SSSR count). The largest absolute Gasteiger partial charge is 0.457 e. The van der Waals surface area contributed by atoms with Gasteiger partial charge in [0.2, 0.25) is 6.79 Å². The van der Waals surface area contributed by atoms with Gasteiger partial charge in [-0.3, -0.25) is 4.79 Å². The number of ether oxygens (including phenoxy) is 3. The highest BCUT2D eigenvalue weighted by Gasteiger charge is 2.18. The van der Waals surface area contributed by atoms with E-state index < -0.39 is 11.9 Å². The molecule has 27 heavy (non-hydrogen) atoms. The second-order valence-electron chi connectivity index (χ2n) is 5.52. The van der Waals surface area contributed by atoms with Crippen molar-refractivity contribution in [2.24, 2.45) is 0 Å². The van der Waals surface area contributed by atoms with Gasteiger partial charge in [-0.25, -0.2) is 4.79 Å². The maximum Gasteiger partial charge on any atom is 0.355 e. The lowest BCUT2D eigenvalue weighted by Gasteiger charge is -2.10. The van der Waals surface area contributed by atoms with Crippen LogP contribution in [0.15, 0.2) is 65.3 Å². The number of hydrogen-bond acceptors (Lipinski definition) is 5. The first-order valence-corrected chi connectivity index (χ1v) is 8.82. The number of rotatable bonds is 6. The molecule has 0 unspecified atom stereocenters. The third-order valence-electron chi connectivity index (χ3n) is 3.59. The third kappa shape index (κ3) is 4.77. The van der Waals surface area contributed by atoms with Crippen molar-refractivity contribution in [1.82, 2.24) is 5.32 Å². The lowest BCUT2D eigenvalue weighted by molar-refractivity contribution is -0.138. The van der Waals surface area contributed by atoms with Gasteiger partial charge >= 0.3 is 5.97 Å². The molecule has 2 aromatic rings. The van der Waals surface area contributed by atoms with Gasteiger partial charge in [0.1, 0.15) is 12.3 Å². The monoisotopic (exact) mass is 429 g/mol. The van der Waals surface area contributed by atoms with Gasteiger partial charge in [-0.2, -0.15) is 0 Å². The fourth-order valence-corrected chi connectivity index (χ4v) is 2.75. The minimum atomic E-state index is -0.670. The van der Waals surface area contributed by atoms with Gasteiger partial charge in [0.05, 0.1) is 0 Å². The molecule has 1 amide bonds. The topological polar surface area (TPSA) is 73.9 Å². The molecular formula is C20H16BrNO5. The summed E-state index contributed by atoms with van der Waals surface area (Å²) < 4.78 is 16.4. The summed E-state index contributed by atoms with van der Waals surface area (Å²) in [5, 5.41) is 2.61. The van der Waals surface area contributed by atoms with Crippen molar-refractivity contribution in [2.75, 3.05) is 13.4 Å². The zero-order valence-corrected chi connectivity index (χ0v) is 15.8. The number of carbonyl (C=O) groups excluding carboxylic acids is 2. The molecule has 0 atom stereocenters. The Balaban J connectivity index is 1.87. The molecule has 0 saturated carbocycles. The van der Waals surface area contributed by atoms with Crippen molar-refractivity contribution in [3.05, 3.63) is 76.4 Å². The maximum absolute atomic E-state index is 12.5. The van der Waals surface area contributed by atoms with E-state index in [1.54, 1.807) is 42.5 Å². The highest BCUT2D eigenvalue weighted by Crippen LogP contribution is 2.33. The maximum atomic E-state index is 12.5. The molecule has 1 aliphatic rings. The summed E-state index contributed by atoms with van der Waals surface area (Å²) in [5.41, 5.74) is 1.05. The molecule has 0 radical (unpaired) electrons. The van der Waals surface area contributed by atoms with Crippen LogP contribution in [0.5, 0.6) is 11.5 Å². The molecule has 138 valence electrons. The summed E-state index contributed by atoms with van der Waals surface area (Å²) in [6.45, 7) is 3.69. The molecule has 1 heterocycles. The van der Waals surface area contributed by atoms with E-state index in [9.17, 15) is 9.59 Å². The highest BCUT2D eigenvalue weighted by atomic mass is 79.9. The van der Waals surface area contributed by atoms with E-state index in [4.69, 9.17) is 14.2 Å². The van der Waals surface area contributed by atoms with Gasteiger partial charge in [-0.05, 0) is 42.0 Å². The van der Waals surface area contributed by atoms with Gasteiger partial charge in [-0.1, -0.05) is 40.7 Å². The first-order valence-electron chi connectivity index (χ1n) is 8.03. The van der Waals surface area contributed by atoms with Gasteiger partial charge < -0.3 is 19.5 Å². The minimum Gasteiger partial charge on any atom is -0.457 e. The van der Waals surface area contributed by atoms with E-state index >= 15 is 0 Å². The third-order valence-corrected chi connectivity index (χ3v) is 4.09. The summed E-state index contributed by atoms with van der Waals surface area (Å²) in [4.78, 5) is 24.9. The molecule has 1 N–H and O–H groups in total. The average Bonchev–Trinajstić information content (AvgIpc) is 3.13. The average molecular weight is 430 g/mol. The summed E-state index contributed by atoms with van der Waals surface area (Å²) in [5.74, 6) is 0.0942. The zero-order valence-electron chi connectivity index (χ0n) is 14.2. The number of hydrogen-bond donors (Lipinski definition) is 1. The van der Waals surface area contributed by atoms with Crippen molar-refractivity contribution in [2.45, 2.75) is 0 Å². The molecule has 0 aromatic heterocycles. The van der Waals surface area contributed by atoms with Gasteiger partial charge in [0.25, 0.3) is 5.91 Å². The second-order valence-corrected chi connectivity index (χ2v) is 6.44. The van der Waals surface area contributed by atoms with Gasteiger partial charge in [0.15, 0.2) is 11.5 Å². The molecule has 6 nitrogen and oxygen atoms in total. The number of fused-ring (bicyclic) bond motifs is 1. The Morgan fingerprint density at radius 1 is 1.19 bits per heavy atom. The van der Waals surface area contributed by atoms with E-state index in [0.717, 1.165) is 4.47 Å². The van der Waals surface area contributed by atoms with Crippen LogP contribution in [0.1, 0.15) is 15.9 Å². The van der Waals surface area contributed by atoms with Crippen LogP contribution in [0, 0.1) is 0 Å². The van der Waals surface area contributed by atoms with Crippen LogP contribution in [0.3, 0.4) is 0 Å². The number of carbonyl (C=O) groups is 2. The summed E-state index contributed by atoms with van der Waals surface area (Å²) >= 11 is 3.32. The van der Waals surface area contributed by atoms with Gasteiger partial charge in [0, 0.05) is 10.0 Å². The summed E-state index contributed by atoms with van der Waals surface area (Å²) in [6.07, 6.45) is 2.97. The van der Waals surface area contributed by atoms with Crippen molar-refractivity contribution in [3.8, 4) is 11.5 Å². The SMILES string of the molecule is C=CCOC(=O)/C(=C\c1ccc2c(c1)OCO2)NC(=O)c1cccc(Br)c1. The Hall–Kier alpha value is -3.06. The minimum absolute atomic E-state index is 0.000640. The standard InChI is InChI=1S/C20H16BrNO5/c1-2-8-25-20(24)16(22-19(23)14-4-3-5-15(21)11-14)9-13-6-7-17-18(10-13)27-12-26-17/h2-7,9-11H,1,8,12H2,(H,22,23)/b16-9+. The van der Waals surface area contributed by atoms with E-state index in [-0.39, 0.29) is 19.1 Å². The normalized spacial score (nSPS) is 12.4. The van der Waals surface area contributed by atoms with E-state index in [2.05, 4.69) is 27.8 Å². The van der Waals surface area contributed by atoms with Gasteiger partial charge in [-0.15, -0.1) is 0 Å². The zero-order chi connectivity index (χ0) is 19.2. The van der Waals surface area contributed by atoms with Crippen LogP contribution < -0.4 is 14.8 Å². The number of esters is 1. The summed E-state index contributed by atoms with van der Waals surface area (Å²) in [7, 11) is 0. The molecule has 0 aliphatic carbocycles. The Kier molecular flexibility index (Phi) is 5.93. The lowest BCUT2D eigenvalue weighted by atomic mass is 10.1. The van der Waals surface area contributed by atoms with Crippen LogP contribution in [0.25, 0.3) is 6.08 Å². The fraction of sp³-hybridized carbons (Fsp3) is 0.100. The van der Waals surface area contributed by atoms with E-state index in [1.807, 2.05) is 0 Å². The first kappa shape index (κ1) is 18.7. The van der Waals surface area contributed by atoms with Crippen LogP contribution in [-0.2, 0) is 9.53 Å². The first-order chi connectivity index (χ1) is 13.1. The van der Waals surface area contributed by atoms with Crippen molar-refractivity contribution in [3.63, 3.8) is 0 Å². The number of benzene rings is 2. The molecule has 0 spiro atoms. The van der Waals surface area contributed by atoms with Crippen LogP contribution >= 0.6 is 15.9 Å². The van der Waals surface area contributed by atoms with Crippen molar-refractivity contribution in [1.29, 1.82) is 0 Å². The quantitative estimate of drug-likeness (QED) is 0.430. The Bertz CT molecular complexity index is 922. The molecular weight excluding hydrogens is 414 g/mol. The highest BCUT2D eigenvalue weighted by molar-refractivity contribution is 9.10. The Morgan fingerprint density at radius 2 is 2.00 bits per heavy atom. The molecule has 2 aromatic carbocycles. The Morgan fingerprint density at radius 3 is 2.78 bits per heavy atom. The molecule has 1 aliphatic heterocycles. The molecule has 0 fully saturated rings. The Labute approximate surface area is 164 Å². The van der Waals surface area contributed by atoms with Crippen LogP contribution in [0.4, 0.5) is 0 Å². The number of halogens is 1. The van der Waals surface area contributed by atoms with Crippen molar-refractivity contribution < 1.29 is 23.8 Å². The van der Waals surface area contributed by atoms with E-state index in [0.29, 0.717) is 22.6 Å². The second kappa shape index (κ2) is 8.55. The van der Waals surface area contributed by atoms with E-state index in [1.165, 1.54) is 12.2 Å². The number of amides is 1. The molecule has 0 saturated heterocycles. The van der Waals surface area contributed by atoms with Crippen LogP contribution in [0.2, 0.25) is 0 Å². The van der Waals surface area contributed by atoms with Crippen LogP contribution in [-0.4, -0.2) is 25.3 Å². The predicted octanol–water partition coefficient (Wildman–Crippen LogP) is 3.68. The fourth-order valence-electron chi connectivity index (χ4n) is 2.35. The molecule has 0 bridgehead atoms. The number of nitrogens with one attached hydrogen (secondary N) is 1. The smallest absolute Gasteiger partial charge is 0.355 e. The van der Waals surface area contributed by atoms with Crippen molar-refractivity contribution >= 4 is 33.9 Å².